The molecule has 0 spiro atoms. The topological polar surface area (TPSA) is 51.0 Å². The van der Waals surface area contributed by atoms with Crippen LogP contribution in [0.2, 0.25) is 5.02 Å². The maximum absolute atomic E-state index is 13.9. The van der Waals surface area contributed by atoms with E-state index < -0.39 is 18.2 Å². The maximum Gasteiger partial charge on any atom is 0.301 e. The van der Waals surface area contributed by atoms with Crippen molar-refractivity contribution in [2.45, 2.75) is 32.4 Å². The molecule has 1 aromatic carbocycles. The molecule has 9 heteroatoms. The van der Waals surface area contributed by atoms with Gasteiger partial charge in [0.15, 0.2) is 6.67 Å². The van der Waals surface area contributed by atoms with Gasteiger partial charge in [0.05, 0.1) is 12.2 Å². The Kier molecular flexibility index (Phi) is 5.75. The van der Waals surface area contributed by atoms with Gasteiger partial charge in [-0.05, 0) is 12.1 Å². The number of halogens is 4. The Balaban J connectivity index is 1.81. The number of aromatic nitrogens is 3. The first-order valence-electron chi connectivity index (χ1n) is 9.77. The lowest BCUT2D eigenvalue weighted by Crippen LogP contribution is -2.34. The Morgan fingerprint density at radius 1 is 1.29 bits per heavy atom. The van der Waals surface area contributed by atoms with Gasteiger partial charge in [0.2, 0.25) is 5.91 Å². The Bertz CT molecular complexity index is 1130. The summed E-state index contributed by atoms with van der Waals surface area (Å²) >= 11 is 6.28. The molecular weight excluding hydrogens is 429 g/mol. The number of nitrogens with zero attached hydrogens (tertiary/aromatic N) is 4. The van der Waals surface area contributed by atoms with Crippen LogP contribution in [0.15, 0.2) is 42.7 Å². The predicted molar refractivity (Wildman–Crippen MR) is 111 cm³/mol. The minimum absolute atomic E-state index is 0.0719. The lowest BCUT2D eigenvalue weighted by atomic mass is 9.98. The molecule has 5 nitrogen and oxygen atoms in total. The van der Waals surface area contributed by atoms with Gasteiger partial charge in [-0.2, -0.15) is 13.9 Å². The largest absolute Gasteiger partial charge is 0.338 e. The van der Waals surface area contributed by atoms with E-state index in [0.717, 1.165) is 16.8 Å². The predicted octanol–water partition coefficient (Wildman–Crippen LogP) is 4.61. The molecule has 0 aliphatic carbocycles. The normalized spacial score (nSPS) is 13.9. The average Bonchev–Trinajstić information content (AvgIpc) is 3.13. The van der Waals surface area contributed by atoms with Crippen molar-refractivity contribution >= 4 is 17.5 Å². The number of rotatable bonds is 5. The van der Waals surface area contributed by atoms with E-state index in [9.17, 15) is 18.0 Å². The molecule has 31 heavy (non-hydrogen) atoms. The highest BCUT2D eigenvalue weighted by Gasteiger charge is 2.33. The van der Waals surface area contributed by atoms with Gasteiger partial charge in [0.25, 0.3) is 0 Å². The van der Waals surface area contributed by atoms with Gasteiger partial charge >= 0.3 is 5.92 Å². The zero-order chi connectivity index (χ0) is 22.2. The van der Waals surface area contributed by atoms with E-state index in [0.29, 0.717) is 42.3 Å². The van der Waals surface area contributed by atoms with Crippen LogP contribution in [0.25, 0.3) is 11.3 Å². The first-order valence-corrected chi connectivity index (χ1v) is 10.1. The molecule has 0 saturated carbocycles. The van der Waals surface area contributed by atoms with Crippen LogP contribution >= 0.6 is 11.6 Å². The number of fused-ring (bicyclic) bond motifs is 1. The molecule has 162 valence electrons. The van der Waals surface area contributed by atoms with Crippen LogP contribution in [0.1, 0.15) is 29.3 Å². The molecule has 1 aliphatic rings. The Labute approximate surface area is 182 Å². The fourth-order valence-corrected chi connectivity index (χ4v) is 3.95. The van der Waals surface area contributed by atoms with Crippen LogP contribution in [0.4, 0.5) is 13.2 Å². The molecule has 4 rings (SSSR count). The van der Waals surface area contributed by atoms with Crippen LogP contribution < -0.4 is 0 Å². The Morgan fingerprint density at radius 2 is 2.10 bits per heavy atom. The lowest BCUT2D eigenvalue weighted by molar-refractivity contribution is -0.129. The van der Waals surface area contributed by atoms with Crippen LogP contribution in [-0.2, 0) is 30.2 Å². The van der Waals surface area contributed by atoms with Crippen molar-refractivity contribution in [2.75, 3.05) is 13.2 Å². The first-order chi connectivity index (χ1) is 14.8. The molecular formula is C22H20ClF3N4O. The Hall–Kier alpha value is -2.87. The van der Waals surface area contributed by atoms with E-state index in [1.807, 2.05) is 0 Å². The van der Waals surface area contributed by atoms with E-state index in [-0.39, 0.29) is 5.91 Å². The number of amides is 1. The number of alkyl halides is 3. The number of carbonyl (C=O) groups excluding carboxylic acids is 1. The van der Waals surface area contributed by atoms with E-state index in [1.165, 1.54) is 25.1 Å². The number of benzene rings is 1. The molecule has 0 N–H and O–H groups in total. The van der Waals surface area contributed by atoms with Gasteiger partial charge in [-0.15, -0.1) is 0 Å². The molecule has 0 saturated heterocycles. The molecule has 0 fully saturated rings. The summed E-state index contributed by atoms with van der Waals surface area (Å²) in [5.74, 6) is -3.65. The second-order valence-electron chi connectivity index (χ2n) is 7.51. The fraction of sp³-hybridized carbons (Fsp3) is 0.318. The third kappa shape index (κ3) is 4.17. The van der Waals surface area contributed by atoms with Crippen molar-refractivity contribution in [1.82, 2.24) is 19.7 Å². The zero-order valence-corrected chi connectivity index (χ0v) is 17.5. The van der Waals surface area contributed by atoms with Crippen molar-refractivity contribution in [2.24, 2.45) is 0 Å². The highest BCUT2D eigenvalue weighted by atomic mass is 35.5. The summed E-state index contributed by atoms with van der Waals surface area (Å²) in [5, 5.41) is 5.24. The van der Waals surface area contributed by atoms with Crippen molar-refractivity contribution in [3.8, 4) is 11.3 Å². The second-order valence-corrected chi connectivity index (χ2v) is 7.92. The monoisotopic (exact) mass is 448 g/mol. The summed E-state index contributed by atoms with van der Waals surface area (Å²) in [7, 11) is 0. The number of carbonyl (C=O) groups is 1. The van der Waals surface area contributed by atoms with Crippen LogP contribution in [-0.4, -0.2) is 38.8 Å². The summed E-state index contributed by atoms with van der Waals surface area (Å²) in [6.07, 6.45) is 3.82. The second kappa shape index (κ2) is 8.34. The van der Waals surface area contributed by atoms with Gasteiger partial charge in [-0.25, -0.2) is 4.39 Å². The number of hydrogen-bond donors (Lipinski definition) is 0. The summed E-state index contributed by atoms with van der Waals surface area (Å²) in [6, 6.07) is 7.27. The van der Waals surface area contributed by atoms with Crippen molar-refractivity contribution in [1.29, 1.82) is 0 Å². The summed E-state index contributed by atoms with van der Waals surface area (Å²) < 4.78 is 42.5. The average molecular weight is 449 g/mol. The van der Waals surface area contributed by atoms with Crippen molar-refractivity contribution in [3.63, 3.8) is 0 Å². The van der Waals surface area contributed by atoms with Gasteiger partial charge < -0.3 is 4.90 Å². The van der Waals surface area contributed by atoms with E-state index in [4.69, 9.17) is 16.7 Å². The number of pyridine rings is 1. The summed E-state index contributed by atoms with van der Waals surface area (Å²) in [4.78, 5) is 17.7. The van der Waals surface area contributed by atoms with Crippen molar-refractivity contribution in [3.05, 3.63) is 70.1 Å². The molecule has 0 radical (unpaired) electrons. The molecule has 2 aromatic heterocycles. The standard InChI is InChI=1S/C22H20ClF3N4O/c1-14(31)29-8-6-20-18(12-29)21(15-3-2-4-17(9-15)22(25,26)13-24)28-30(20)11-16-10-27-7-5-19(16)23/h2-5,7,9-10H,6,8,11-13H2,1H3. The number of hydrogen-bond acceptors (Lipinski definition) is 3. The van der Waals surface area contributed by atoms with Gasteiger partial charge in [-0.1, -0.05) is 29.8 Å². The molecule has 0 bridgehead atoms. The minimum Gasteiger partial charge on any atom is -0.338 e. The van der Waals surface area contributed by atoms with Crippen LogP contribution in [0.5, 0.6) is 0 Å². The zero-order valence-electron chi connectivity index (χ0n) is 16.8. The highest BCUT2D eigenvalue weighted by Crippen LogP contribution is 2.35. The molecule has 1 amide bonds. The molecule has 3 heterocycles. The smallest absolute Gasteiger partial charge is 0.301 e. The SMILES string of the molecule is CC(=O)N1CCc2c(c(-c3cccc(C(F)(F)CF)c3)nn2Cc2cnccc2Cl)C1. The third-order valence-electron chi connectivity index (χ3n) is 5.47. The van der Waals surface area contributed by atoms with E-state index in [2.05, 4.69) is 4.98 Å². The van der Waals surface area contributed by atoms with Crippen LogP contribution in [0.3, 0.4) is 0 Å². The minimum atomic E-state index is -3.58. The molecule has 1 aliphatic heterocycles. The third-order valence-corrected chi connectivity index (χ3v) is 5.84. The van der Waals surface area contributed by atoms with Gasteiger partial charge in [-0.3, -0.25) is 14.5 Å². The van der Waals surface area contributed by atoms with E-state index in [1.54, 1.807) is 34.1 Å². The lowest BCUT2D eigenvalue weighted by Gasteiger charge is -2.27. The molecule has 3 aromatic rings. The van der Waals surface area contributed by atoms with Gasteiger partial charge in [0.1, 0.15) is 0 Å². The highest BCUT2D eigenvalue weighted by molar-refractivity contribution is 6.31. The van der Waals surface area contributed by atoms with Crippen LogP contribution in [0, 0.1) is 0 Å². The summed E-state index contributed by atoms with van der Waals surface area (Å²) in [6.45, 7) is 0.932. The maximum atomic E-state index is 13.9. The van der Waals surface area contributed by atoms with Gasteiger partial charge in [0, 0.05) is 71.8 Å². The van der Waals surface area contributed by atoms with E-state index >= 15 is 0 Å². The van der Waals surface area contributed by atoms with Crippen molar-refractivity contribution < 1.29 is 18.0 Å². The fourth-order valence-electron chi connectivity index (χ4n) is 3.78. The molecule has 0 atom stereocenters. The quantitative estimate of drug-likeness (QED) is 0.572. The first kappa shape index (κ1) is 21.4. The summed E-state index contributed by atoms with van der Waals surface area (Å²) in [5.41, 5.74) is 3.01. The Morgan fingerprint density at radius 3 is 2.81 bits per heavy atom. The molecule has 0 unspecified atom stereocenters.